The number of fused-ring (bicyclic) bond motifs is 1. The van der Waals surface area contributed by atoms with Gasteiger partial charge in [0.25, 0.3) is 5.56 Å². The van der Waals surface area contributed by atoms with Crippen LogP contribution in [0.1, 0.15) is 6.92 Å². The molecule has 2 amide bonds. The van der Waals surface area contributed by atoms with Gasteiger partial charge in [-0.2, -0.15) is 0 Å². The van der Waals surface area contributed by atoms with Gasteiger partial charge in [0, 0.05) is 41.2 Å². The summed E-state index contributed by atoms with van der Waals surface area (Å²) in [7, 11) is 1.67. The number of carbonyl (C=O) groups excluding carboxylic acids is 2. The second-order valence-corrected chi connectivity index (χ2v) is 9.41. The number of aromatic nitrogens is 2. The average molecular weight is 471 g/mol. The molecule has 3 aromatic heterocycles. The van der Waals surface area contributed by atoms with Gasteiger partial charge in [-0.3, -0.25) is 19.0 Å². The Bertz CT molecular complexity index is 1330. The molecule has 4 rings (SSSR count). The lowest BCUT2D eigenvalue weighted by molar-refractivity contribution is -0.114. The van der Waals surface area contributed by atoms with Crippen molar-refractivity contribution in [1.29, 1.82) is 0 Å². The zero-order chi connectivity index (χ0) is 22.0. The first-order valence-corrected chi connectivity index (χ1v) is 12.0. The van der Waals surface area contributed by atoms with Crippen molar-refractivity contribution in [2.24, 2.45) is 7.05 Å². The van der Waals surface area contributed by atoms with Crippen molar-refractivity contribution in [2.45, 2.75) is 12.1 Å². The van der Waals surface area contributed by atoms with Crippen LogP contribution in [-0.2, 0) is 16.6 Å². The summed E-state index contributed by atoms with van der Waals surface area (Å²) in [6.07, 6.45) is 0. The molecule has 2 N–H and O–H groups in total. The summed E-state index contributed by atoms with van der Waals surface area (Å²) in [4.78, 5) is 42.9. The van der Waals surface area contributed by atoms with Crippen LogP contribution in [0, 0.1) is 0 Å². The first-order valence-electron chi connectivity index (χ1n) is 9.25. The van der Waals surface area contributed by atoms with Gasteiger partial charge in [-0.15, -0.1) is 22.7 Å². The van der Waals surface area contributed by atoms with Gasteiger partial charge in [0.1, 0.15) is 4.83 Å². The van der Waals surface area contributed by atoms with E-state index in [9.17, 15) is 14.4 Å². The molecule has 0 atom stereocenters. The maximum Gasteiger partial charge on any atom is 0.263 e. The van der Waals surface area contributed by atoms with Gasteiger partial charge in [0.05, 0.1) is 11.1 Å². The number of hydrogen-bond acceptors (Lipinski definition) is 7. The summed E-state index contributed by atoms with van der Waals surface area (Å²) in [5.74, 6) is -0.318. The Balaban J connectivity index is 1.49. The van der Waals surface area contributed by atoms with Crippen molar-refractivity contribution in [1.82, 2.24) is 9.55 Å². The number of nitrogens with zero attached hydrogens (tertiary/aromatic N) is 2. The molecule has 0 aliphatic rings. The average Bonchev–Trinajstić information content (AvgIpc) is 3.39. The molecule has 1 aromatic carbocycles. The maximum absolute atomic E-state index is 13.0. The van der Waals surface area contributed by atoms with E-state index in [1.807, 2.05) is 22.9 Å². The Hall–Kier alpha value is -2.95. The fraction of sp³-hybridized carbons (Fsp3) is 0.143. The fourth-order valence-electron chi connectivity index (χ4n) is 3.00. The molecular formula is C21H18N4O3S3. The minimum atomic E-state index is -0.232. The van der Waals surface area contributed by atoms with Crippen molar-refractivity contribution >= 4 is 67.8 Å². The van der Waals surface area contributed by atoms with Crippen LogP contribution >= 0.6 is 34.4 Å². The van der Waals surface area contributed by atoms with E-state index in [4.69, 9.17) is 0 Å². The summed E-state index contributed by atoms with van der Waals surface area (Å²) in [6, 6.07) is 10.9. The van der Waals surface area contributed by atoms with Crippen LogP contribution in [0.5, 0.6) is 0 Å². The minimum absolute atomic E-state index is 0.0965. The molecule has 4 aromatic rings. The minimum Gasteiger partial charge on any atom is -0.326 e. The van der Waals surface area contributed by atoms with Crippen LogP contribution in [0.4, 0.5) is 11.4 Å². The number of thiophene rings is 2. The number of rotatable bonds is 6. The molecular weight excluding hydrogens is 452 g/mol. The van der Waals surface area contributed by atoms with E-state index in [-0.39, 0.29) is 23.1 Å². The molecule has 0 fully saturated rings. The smallest absolute Gasteiger partial charge is 0.263 e. The third-order valence-electron chi connectivity index (χ3n) is 4.36. The largest absolute Gasteiger partial charge is 0.326 e. The Morgan fingerprint density at radius 1 is 1.13 bits per heavy atom. The molecule has 3 heterocycles. The Morgan fingerprint density at radius 3 is 2.61 bits per heavy atom. The topological polar surface area (TPSA) is 93.1 Å². The molecule has 158 valence electrons. The highest BCUT2D eigenvalue weighted by Crippen LogP contribution is 2.34. The van der Waals surface area contributed by atoms with Gasteiger partial charge >= 0.3 is 0 Å². The lowest BCUT2D eigenvalue weighted by atomic mass is 10.2. The summed E-state index contributed by atoms with van der Waals surface area (Å²) in [5, 5.41) is 10.5. The molecule has 10 heteroatoms. The van der Waals surface area contributed by atoms with Crippen LogP contribution in [-0.4, -0.2) is 27.1 Å². The molecule has 0 spiro atoms. The van der Waals surface area contributed by atoms with E-state index in [1.54, 1.807) is 42.6 Å². The molecule has 0 saturated heterocycles. The molecule has 0 radical (unpaired) electrons. The van der Waals surface area contributed by atoms with Gasteiger partial charge in [-0.25, -0.2) is 4.98 Å². The lowest BCUT2D eigenvalue weighted by Gasteiger charge is -2.09. The van der Waals surface area contributed by atoms with Gasteiger partial charge in [-0.1, -0.05) is 23.9 Å². The summed E-state index contributed by atoms with van der Waals surface area (Å²) in [5.41, 5.74) is 1.96. The molecule has 0 aliphatic carbocycles. The molecule has 7 nitrogen and oxygen atoms in total. The van der Waals surface area contributed by atoms with Crippen molar-refractivity contribution in [3.8, 4) is 10.4 Å². The molecule has 0 aliphatic heterocycles. The highest BCUT2D eigenvalue weighted by Gasteiger charge is 2.17. The van der Waals surface area contributed by atoms with E-state index in [1.165, 1.54) is 34.6 Å². The Labute approximate surface area is 190 Å². The standard InChI is InChI=1S/C21H18N4O3S3/c1-12(26)22-13-5-3-6-14(9-13)23-17(27)11-31-21-24-19-18(20(28)25(21)2)15(10-30-19)16-7-4-8-29-16/h3-10H,11H2,1-2H3,(H,22,26)(H,23,27). The van der Waals surface area contributed by atoms with E-state index < -0.39 is 0 Å². The summed E-state index contributed by atoms with van der Waals surface area (Å²) < 4.78 is 1.49. The third kappa shape index (κ3) is 4.71. The Kier molecular flexibility index (Phi) is 6.21. The predicted molar refractivity (Wildman–Crippen MR) is 128 cm³/mol. The van der Waals surface area contributed by atoms with E-state index in [2.05, 4.69) is 15.6 Å². The lowest BCUT2D eigenvalue weighted by Crippen LogP contribution is -2.21. The molecule has 0 bridgehead atoms. The van der Waals surface area contributed by atoms with E-state index >= 15 is 0 Å². The van der Waals surface area contributed by atoms with Crippen molar-refractivity contribution in [3.63, 3.8) is 0 Å². The number of amides is 2. The normalized spacial score (nSPS) is 10.9. The Morgan fingerprint density at radius 2 is 1.90 bits per heavy atom. The predicted octanol–water partition coefficient (Wildman–Crippen LogP) is 4.41. The fourth-order valence-corrected chi connectivity index (χ4v) is 5.58. The second kappa shape index (κ2) is 9.04. The van der Waals surface area contributed by atoms with Crippen LogP contribution in [0.3, 0.4) is 0 Å². The van der Waals surface area contributed by atoms with E-state index in [0.717, 1.165) is 10.4 Å². The number of thioether (sulfide) groups is 1. The molecule has 0 unspecified atom stereocenters. The van der Waals surface area contributed by atoms with E-state index in [0.29, 0.717) is 26.7 Å². The van der Waals surface area contributed by atoms with Gasteiger partial charge in [-0.05, 0) is 29.6 Å². The van der Waals surface area contributed by atoms with Gasteiger partial charge < -0.3 is 10.6 Å². The zero-order valence-corrected chi connectivity index (χ0v) is 19.1. The first-order chi connectivity index (χ1) is 14.9. The SMILES string of the molecule is CC(=O)Nc1cccc(NC(=O)CSc2nc3scc(-c4cccs4)c3c(=O)n2C)c1. The monoisotopic (exact) mass is 470 g/mol. The van der Waals surface area contributed by atoms with Crippen molar-refractivity contribution in [2.75, 3.05) is 16.4 Å². The van der Waals surface area contributed by atoms with Gasteiger partial charge in [0.2, 0.25) is 11.8 Å². The number of carbonyl (C=O) groups is 2. The number of anilines is 2. The quantitative estimate of drug-likeness (QED) is 0.322. The van der Waals surface area contributed by atoms with Crippen LogP contribution in [0.15, 0.2) is 57.1 Å². The highest BCUT2D eigenvalue weighted by molar-refractivity contribution is 7.99. The van der Waals surface area contributed by atoms with Crippen LogP contribution in [0.25, 0.3) is 20.7 Å². The second-order valence-electron chi connectivity index (χ2n) is 6.66. The van der Waals surface area contributed by atoms with Crippen molar-refractivity contribution in [3.05, 3.63) is 57.5 Å². The maximum atomic E-state index is 13.0. The summed E-state index contributed by atoms with van der Waals surface area (Å²) in [6.45, 7) is 1.42. The molecule has 0 saturated carbocycles. The van der Waals surface area contributed by atoms with Crippen LogP contribution in [0.2, 0.25) is 0 Å². The zero-order valence-electron chi connectivity index (χ0n) is 16.7. The number of benzene rings is 1. The van der Waals surface area contributed by atoms with Crippen molar-refractivity contribution < 1.29 is 9.59 Å². The number of hydrogen-bond donors (Lipinski definition) is 2. The highest BCUT2D eigenvalue weighted by atomic mass is 32.2. The molecule has 31 heavy (non-hydrogen) atoms. The third-order valence-corrected chi connectivity index (χ3v) is 7.17. The number of nitrogens with one attached hydrogen (secondary N) is 2. The van der Waals surface area contributed by atoms with Crippen LogP contribution < -0.4 is 16.2 Å². The first kappa shape index (κ1) is 21.3. The summed E-state index contributed by atoms with van der Waals surface area (Å²) >= 11 is 4.21. The van der Waals surface area contributed by atoms with Gasteiger partial charge in [0.15, 0.2) is 5.16 Å².